The lowest BCUT2D eigenvalue weighted by atomic mass is 9.77. The highest BCUT2D eigenvalue weighted by atomic mass is 16.8. The molecular weight excluding hydrogens is 540 g/mol. The summed E-state index contributed by atoms with van der Waals surface area (Å²) >= 11 is 0. The van der Waals surface area contributed by atoms with Gasteiger partial charge in [0.2, 0.25) is 11.6 Å². The Hall–Kier alpha value is -1.98. The molecule has 41 heavy (non-hydrogen) atoms. The van der Waals surface area contributed by atoms with E-state index in [1.54, 1.807) is 0 Å². The van der Waals surface area contributed by atoms with Crippen molar-refractivity contribution in [3.05, 3.63) is 47.2 Å². The zero-order valence-electron chi connectivity index (χ0n) is 22.7. The third-order valence-electron chi connectivity index (χ3n) is 9.07. The van der Waals surface area contributed by atoms with Crippen molar-refractivity contribution in [1.29, 1.82) is 0 Å². The molecule has 10 atom stereocenters. The first-order valence-electron chi connectivity index (χ1n) is 13.8. The van der Waals surface area contributed by atoms with Crippen LogP contribution in [0.5, 0.6) is 0 Å². The van der Waals surface area contributed by atoms with Crippen molar-refractivity contribution >= 4 is 10.9 Å². The van der Waals surface area contributed by atoms with E-state index in [1.807, 2.05) is 13.1 Å². The standard InChI is InChI=1S/C28H38N2O11/c1-30-8-14(5-17-16-3-2-4-18-22(16)15(7-29-18)6-19(17)30)11-38-28(26(37)24(35)21(10-32)41-28)13-39-27(12-33)25(36)23(34)20(9-31)40-27/h2-5,7,17,19-21,23-26,29,31-37H,6,8-13H2,1H3/t17-,19-,20-,21-,23+,24+,25-,26-,27-,28-/m1/s1. The average molecular weight is 579 g/mol. The quantitative estimate of drug-likeness (QED) is 0.148. The van der Waals surface area contributed by atoms with Gasteiger partial charge < -0.3 is 59.7 Å². The van der Waals surface area contributed by atoms with Crippen LogP contribution >= 0.6 is 0 Å². The van der Waals surface area contributed by atoms with E-state index < -0.39 is 74.6 Å². The first kappa shape index (κ1) is 29.1. The van der Waals surface area contributed by atoms with Crippen molar-refractivity contribution < 1.29 is 54.7 Å². The second kappa shape index (κ2) is 10.9. The fourth-order valence-corrected chi connectivity index (χ4v) is 6.78. The van der Waals surface area contributed by atoms with E-state index in [4.69, 9.17) is 18.9 Å². The van der Waals surface area contributed by atoms with Crippen LogP contribution in [-0.2, 0) is 25.4 Å². The van der Waals surface area contributed by atoms with E-state index in [-0.39, 0.29) is 18.6 Å². The molecule has 13 nitrogen and oxygen atoms in total. The smallest absolute Gasteiger partial charge is 0.222 e. The molecule has 0 amide bonds. The third-order valence-corrected chi connectivity index (χ3v) is 9.07. The highest BCUT2D eigenvalue weighted by Gasteiger charge is 2.60. The van der Waals surface area contributed by atoms with Gasteiger partial charge in [-0.2, -0.15) is 0 Å². The van der Waals surface area contributed by atoms with Gasteiger partial charge in [0, 0.05) is 35.6 Å². The van der Waals surface area contributed by atoms with Crippen LogP contribution in [0.4, 0.5) is 0 Å². The topological polar surface area (TPSA) is 198 Å². The van der Waals surface area contributed by atoms with Crippen molar-refractivity contribution in [1.82, 2.24) is 9.88 Å². The molecule has 1 aromatic carbocycles. The van der Waals surface area contributed by atoms with E-state index >= 15 is 0 Å². The molecule has 4 aliphatic rings. The lowest BCUT2D eigenvalue weighted by Crippen LogP contribution is -2.56. The highest BCUT2D eigenvalue weighted by Crippen LogP contribution is 2.43. The number of hydrogen-bond donors (Lipinski definition) is 8. The maximum Gasteiger partial charge on any atom is 0.222 e. The molecule has 1 aromatic heterocycles. The number of ether oxygens (including phenoxy) is 4. The Morgan fingerprint density at radius 1 is 0.976 bits per heavy atom. The molecule has 2 aromatic rings. The van der Waals surface area contributed by atoms with Gasteiger partial charge in [-0.05, 0) is 36.2 Å². The van der Waals surface area contributed by atoms with Crippen molar-refractivity contribution in [2.75, 3.05) is 46.6 Å². The number of aliphatic hydroxyl groups excluding tert-OH is 7. The van der Waals surface area contributed by atoms with E-state index in [0.29, 0.717) is 6.54 Å². The average Bonchev–Trinajstić information content (AvgIpc) is 3.59. The summed E-state index contributed by atoms with van der Waals surface area (Å²) in [6, 6.07) is 6.45. The van der Waals surface area contributed by atoms with Crippen LogP contribution in [-0.4, -0.2) is 146 Å². The number of nitrogens with zero attached hydrogens (tertiary/aromatic N) is 1. The van der Waals surface area contributed by atoms with E-state index in [9.17, 15) is 35.7 Å². The number of fused-ring (bicyclic) bond motifs is 2. The summed E-state index contributed by atoms with van der Waals surface area (Å²) in [4.78, 5) is 5.61. The minimum atomic E-state index is -2.15. The fourth-order valence-electron chi connectivity index (χ4n) is 6.78. The number of likely N-dealkylation sites (N-methyl/N-ethyl adjacent to an activating group) is 1. The van der Waals surface area contributed by atoms with Gasteiger partial charge in [-0.1, -0.05) is 18.2 Å². The summed E-state index contributed by atoms with van der Waals surface area (Å²) in [5.74, 6) is -4.08. The second-order valence-corrected chi connectivity index (χ2v) is 11.5. The third kappa shape index (κ3) is 4.65. The number of H-pyrrole nitrogens is 1. The molecule has 0 spiro atoms. The molecule has 6 rings (SSSR count). The molecular formula is C28H38N2O11. The number of aromatic amines is 1. The zero-order chi connectivity index (χ0) is 29.1. The molecule has 8 N–H and O–H groups in total. The number of benzene rings is 1. The van der Waals surface area contributed by atoms with Crippen LogP contribution in [0.15, 0.2) is 36.0 Å². The fraction of sp³-hybridized carbons (Fsp3) is 0.643. The maximum atomic E-state index is 11.0. The van der Waals surface area contributed by atoms with Gasteiger partial charge in [0.1, 0.15) is 49.8 Å². The minimum absolute atomic E-state index is 0.0216. The largest absolute Gasteiger partial charge is 0.394 e. The molecule has 0 unspecified atom stereocenters. The molecule has 13 heteroatoms. The number of hydrogen-bond acceptors (Lipinski definition) is 12. The van der Waals surface area contributed by atoms with Crippen molar-refractivity contribution in [2.24, 2.45) is 0 Å². The van der Waals surface area contributed by atoms with Crippen LogP contribution in [0.25, 0.3) is 10.9 Å². The van der Waals surface area contributed by atoms with Gasteiger partial charge in [-0.3, -0.25) is 4.90 Å². The molecule has 2 fully saturated rings. The lowest BCUT2D eigenvalue weighted by Gasteiger charge is -2.42. The number of aromatic nitrogens is 1. The van der Waals surface area contributed by atoms with E-state index in [0.717, 1.165) is 17.5 Å². The number of nitrogens with one attached hydrogen (secondary N) is 1. The Morgan fingerprint density at radius 2 is 1.66 bits per heavy atom. The summed E-state index contributed by atoms with van der Waals surface area (Å²) in [6.07, 6.45) is -3.79. The SMILES string of the molecule is CN1CC(CO[C@]2(CO[C@]3(CO)O[C@H](CO)[C@H](O)[C@H]3O)O[C@H](CO)[C@H](O)[C@H]2O)=C[C@@H]2c3cccc4[nH]cc(c34)C[C@H]21. The molecule has 0 bridgehead atoms. The lowest BCUT2D eigenvalue weighted by molar-refractivity contribution is -0.338. The predicted molar refractivity (Wildman–Crippen MR) is 142 cm³/mol. The molecule has 2 saturated heterocycles. The summed E-state index contributed by atoms with van der Waals surface area (Å²) in [5, 5.41) is 72.9. The first-order valence-corrected chi connectivity index (χ1v) is 13.8. The minimum Gasteiger partial charge on any atom is -0.394 e. The van der Waals surface area contributed by atoms with Crippen LogP contribution in [0.3, 0.4) is 0 Å². The predicted octanol–water partition coefficient (Wildman–Crippen LogP) is -2.31. The van der Waals surface area contributed by atoms with Gasteiger partial charge in [-0.25, -0.2) is 0 Å². The van der Waals surface area contributed by atoms with Gasteiger partial charge in [0.15, 0.2) is 0 Å². The van der Waals surface area contributed by atoms with Crippen LogP contribution in [0.2, 0.25) is 0 Å². The first-order chi connectivity index (χ1) is 19.7. The normalized spacial score (nSPS) is 40.7. The van der Waals surface area contributed by atoms with Gasteiger partial charge >= 0.3 is 0 Å². The highest BCUT2D eigenvalue weighted by molar-refractivity contribution is 5.88. The van der Waals surface area contributed by atoms with E-state index in [2.05, 4.69) is 34.3 Å². The van der Waals surface area contributed by atoms with Gasteiger partial charge in [-0.15, -0.1) is 0 Å². The Balaban J connectivity index is 1.26. The summed E-state index contributed by atoms with van der Waals surface area (Å²) < 4.78 is 23.2. The van der Waals surface area contributed by atoms with Crippen molar-refractivity contribution in [2.45, 2.75) is 66.6 Å². The Labute approximate surface area is 236 Å². The molecule has 0 saturated carbocycles. The molecule has 0 radical (unpaired) electrons. The van der Waals surface area contributed by atoms with Crippen molar-refractivity contribution in [3.8, 4) is 0 Å². The Bertz CT molecular complexity index is 1290. The Morgan fingerprint density at radius 3 is 2.32 bits per heavy atom. The number of aliphatic hydroxyl groups is 7. The molecule has 226 valence electrons. The van der Waals surface area contributed by atoms with Crippen LogP contribution < -0.4 is 0 Å². The second-order valence-electron chi connectivity index (χ2n) is 11.5. The molecule has 3 aliphatic heterocycles. The summed E-state index contributed by atoms with van der Waals surface area (Å²) in [5.41, 5.74) is 4.47. The number of rotatable bonds is 9. The van der Waals surface area contributed by atoms with Crippen LogP contribution in [0, 0.1) is 0 Å². The van der Waals surface area contributed by atoms with Gasteiger partial charge in [0.25, 0.3) is 0 Å². The monoisotopic (exact) mass is 578 g/mol. The maximum absolute atomic E-state index is 11.0. The summed E-state index contributed by atoms with van der Waals surface area (Å²) in [6.45, 7) is -2.25. The van der Waals surface area contributed by atoms with Crippen LogP contribution in [0.1, 0.15) is 17.0 Å². The van der Waals surface area contributed by atoms with Crippen molar-refractivity contribution in [3.63, 3.8) is 0 Å². The summed E-state index contributed by atoms with van der Waals surface area (Å²) in [7, 11) is 2.04. The van der Waals surface area contributed by atoms with Gasteiger partial charge in [0.05, 0.1) is 19.8 Å². The zero-order valence-corrected chi connectivity index (χ0v) is 22.7. The molecule has 4 heterocycles. The van der Waals surface area contributed by atoms with E-state index in [1.165, 1.54) is 16.5 Å². The Kier molecular flexibility index (Phi) is 7.77. The molecule has 1 aliphatic carbocycles.